The van der Waals surface area contributed by atoms with Crippen LogP contribution in [0.3, 0.4) is 0 Å². The van der Waals surface area contributed by atoms with Gasteiger partial charge in [0.25, 0.3) is 5.91 Å². The Morgan fingerprint density at radius 1 is 1.11 bits per heavy atom. The Balaban J connectivity index is 1.75. The molecule has 3 N–H and O–H groups in total. The average Bonchev–Trinajstić information content (AvgIpc) is 3.27. The van der Waals surface area contributed by atoms with Gasteiger partial charge in [-0.3, -0.25) is 4.79 Å². The summed E-state index contributed by atoms with van der Waals surface area (Å²) in [6.07, 6.45) is 1.44. The summed E-state index contributed by atoms with van der Waals surface area (Å²) in [5.41, 5.74) is 7.98. The molecule has 1 amide bonds. The fraction of sp³-hybridized carbons (Fsp3) is 0.200. The van der Waals surface area contributed by atoms with Crippen molar-refractivity contribution in [3.63, 3.8) is 0 Å². The SMILES string of the molecule is CC(C)(C)n1nc(-c2ccc(C(=O)Nc3ccccc3)s2)c2c(N)ncnc21. The van der Waals surface area contributed by atoms with Crippen LogP contribution in [0, 0.1) is 0 Å². The number of aromatic nitrogens is 4. The lowest BCUT2D eigenvalue weighted by atomic mass is 10.1. The number of rotatable bonds is 3. The number of amides is 1. The van der Waals surface area contributed by atoms with Gasteiger partial charge in [0.2, 0.25) is 0 Å². The highest BCUT2D eigenvalue weighted by molar-refractivity contribution is 7.17. The maximum atomic E-state index is 12.6. The second kappa shape index (κ2) is 6.72. The van der Waals surface area contributed by atoms with Gasteiger partial charge in [-0.05, 0) is 45.0 Å². The largest absolute Gasteiger partial charge is 0.383 e. The van der Waals surface area contributed by atoms with E-state index in [0.29, 0.717) is 27.4 Å². The lowest BCUT2D eigenvalue weighted by molar-refractivity contribution is 0.103. The smallest absolute Gasteiger partial charge is 0.265 e. The molecule has 0 saturated heterocycles. The fourth-order valence-electron chi connectivity index (χ4n) is 2.92. The summed E-state index contributed by atoms with van der Waals surface area (Å²) >= 11 is 1.36. The van der Waals surface area contributed by atoms with E-state index in [0.717, 1.165) is 10.6 Å². The van der Waals surface area contributed by atoms with E-state index in [1.165, 1.54) is 17.7 Å². The van der Waals surface area contributed by atoms with Crippen LogP contribution in [0.2, 0.25) is 0 Å². The van der Waals surface area contributed by atoms with Gasteiger partial charge in [-0.25, -0.2) is 14.6 Å². The zero-order valence-corrected chi connectivity index (χ0v) is 16.6. The molecule has 3 heterocycles. The number of anilines is 2. The highest BCUT2D eigenvalue weighted by Gasteiger charge is 2.25. The summed E-state index contributed by atoms with van der Waals surface area (Å²) in [5, 5.41) is 8.36. The number of nitrogens with one attached hydrogen (secondary N) is 1. The first-order valence-electron chi connectivity index (χ1n) is 8.81. The average molecular weight is 392 g/mol. The number of benzene rings is 1. The molecule has 0 spiro atoms. The Morgan fingerprint density at radius 2 is 1.86 bits per heavy atom. The maximum absolute atomic E-state index is 12.6. The molecule has 0 unspecified atom stereocenters. The van der Waals surface area contributed by atoms with Crippen molar-refractivity contribution < 1.29 is 4.79 Å². The van der Waals surface area contributed by atoms with Crippen molar-refractivity contribution in [1.82, 2.24) is 19.7 Å². The summed E-state index contributed by atoms with van der Waals surface area (Å²) in [6.45, 7) is 6.15. The second-order valence-corrected chi connectivity index (χ2v) is 8.46. The molecule has 0 fully saturated rings. The monoisotopic (exact) mass is 392 g/mol. The number of carbonyl (C=O) groups excluding carboxylic acids is 1. The molecule has 8 heteroatoms. The van der Waals surface area contributed by atoms with Gasteiger partial charge in [0.1, 0.15) is 17.8 Å². The number of fused-ring (bicyclic) bond motifs is 1. The summed E-state index contributed by atoms with van der Waals surface area (Å²) in [5.74, 6) is 0.213. The van der Waals surface area contributed by atoms with Crippen LogP contribution < -0.4 is 11.1 Å². The quantitative estimate of drug-likeness (QED) is 0.546. The number of hydrogen-bond acceptors (Lipinski definition) is 6. The number of nitrogens with two attached hydrogens (primary N) is 1. The standard InChI is InChI=1S/C20H20N6OS/c1-20(2,3)26-18-15(17(21)22-11-23-18)16(25-26)13-9-10-14(28-13)19(27)24-12-7-5-4-6-8-12/h4-11H,1-3H3,(H,24,27)(H2,21,22,23). The molecule has 0 aliphatic heterocycles. The van der Waals surface area contributed by atoms with Gasteiger partial charge in [-0.2, -0.15) is 5.10 Å². The van der Waals surface area contributed by atoms with Gasteiger partial charge in [0.15, 0.2) is 5.65 Å². The number of hydrogen-bond donors (Lipinski definition) is 2. The van der Waals surface area contributed by atoms with Crippen molar-refractivity contribution in [1.29, 1.82) is 0 Å². The summed E-state index contributed by atoms with van der Waals surface area (Å²) in [6, 6.07) is 13.0. The Labute approximate surface area is 166 Å². The molecule has 0 aliphatic carbocycles. The lowest BCUT2D eigenvalue weighted by Crippen LogP contribution is -2.23. The molecule has 28 heavy (non-hydrogen) atoms. The van der Waals surface area contributed by atoms with Crippen molar-refractivity contribution in [3.05, 3.63) is 53.7 Å². The molecule has 7 nitrogen and oxygen atoms in total. The Morgan fingerprint density at radius 3 is 2.57 bits per heavy atom. The van der Waals surface area contributed by atoms with Gasteiger partial charge in [0, 0.05) is 5.69 Å². The van der Waals surface area contributed by atoms with E-state index in [2.05, 4.69) is 36.1 Å². The zero-order valence-electron chi connectivity index (χ0n) is 15.8. The third-order valence-corrected chi connectivity index (χ3v) is 5.31. The topological polar surface area (TPSA) is 98.7 Å². The first-order valence-corrected chi connectivity index (χ1v) is 9.62. The first-order chi connectivity index (χ1) is 13.3. The van der Waals surface area contributed by atoms with Crippen LogP contribution in [0.15, 0.2) is 48.8 Å². The molecule has 4 rings (SSSR count). The van der Waals surface area contributed by atoms with E-state index < -0.39 is 0 Å². The predicted octanol–water partition coefficient (Wildman–Crippen LogP) is 4.14. The van der Waals surface area contributed by atoms with Crippen molar-refractivity contribution in [2.45, 2.75) is 26.3 Å². The number of para-hydroxylation sites is 1. The predicted molar refractivity (Wildman–Crippen MR) is 112 cm³/mol. The van der Waals surface area contributed by atoms with Crippen molar-refractivity contribution in [2.75, 3.05) is 11.1 Å². The summed E-state index contributed by atoms with van der Waals surface area (Å²) in [7, 11) is 0. The zero-order chi connectivity index (χ0) is 19.9. The minimum absolute atomic E-state index is 0.161. The highest BCUT2D eigenvalue weighted by atomic mass is 32.1. The molecule has 0 radical (unpaired) electrons. The molecule has 4 aromatic rings. The van der Waals surface area contributed by atoms with Crippen LogP contribution in [0.4, 0.5) is 11.5 Å². The maximum Gasteiger partial charge on any atom is 0.265 e. The first kappa shape index (κ1) is 18.1. The van der Waals surface area contributed by atoms with Crippen molar-refractivity contribution in [2.24, 2.45) is 0 Å². The van der Waals surface area contributed by atoms with Crippen molar-refractivity contribution >= 4 is 39.8 Å². The summed E-state index contributed by atoms with van der Waals surface area (Å²) in [4.78, 5) is 22.5. The van der Waals surface area contributed by atoms with Gasteiger partial charge < -0.3 is 11.1 Å². The second-order valence-electron chi connectivity index (χ2n) is 7.37. The molecular weight excluding hydrogens is 372 g/mol. The molecule has 3 aromatic heterocycles. The number of thiophene rings is 1. The summed E-state index contributed by atoms with van der Waals surface area (Å²) < 4.78 is 1.85. The van der Waals surface area contributed by atoms with E-state index in [-0.39, 0.29) is 11.4 Å². The van der Waals surface area contributed by atoms with E-state index >= 15 is 0 Å². The Kier molecular flexibility index (Phi) is 4.35. The molecule has 0 atom stereocenters. The van der Waals surface area contributed by atoms with E-state index in [1.54, 1.807) is 6.07 Å². The third-order valence-electron chi connectivity index (χ3n) is 4.22. The van der Waals surface area contributed by atoms with E-state index in [4.69, 9.17) is 10.8 Å². The minimum atomic E-state index is -0.276. The van der Waals surface area contributed by atoms with Crippen LogP contribution in [-0.2, 0) is 5.54 Å². The van der Waals surface area contributed by atoms with Crippen LogP contribution in [0.5, 0.6) is 0 Å². The van der Waals surface area contributed by atoms with Crippen LogP contribution in [0.1, 0.15) is 30.4 Å². The number of nitrogen functional groups attached to an aromatic ring is 1. The highest BCUT2D eigenvalue weighted by Crippen LogP contribution is 2.36. The lowest BCUT2D eigenvalue weighted by Gasteiger charge is -2.19. The molecule has 0 saturated carbocycles. The van der Waals surface area contributed by atoms with Gasteiger partial charge in [-0.1, -0.05) is 18.2 Å². The third kappa shape index (κ3) is 3.22. The van der Waals surface area contributed by atoms with Gasteiger partial charge in [0.05, 0.1) is 20.7 Å². The van der Waals surface area contributed by atoms with E-state index in [9.17, 15) is 4.79 Å². The van der Waals surface area contributed by atoms with Crippen LogP contribution in [-0.4, -0.2) is 25.7 Å². The Bertz CT molecular complexity index is 1160. The van der Waals surface area contributed by atoms with Gasteiger partial charge >= 0.3 is 0 Å². The number of nitrogens with zero attached hydrogens (tertiary/aromatic N) is 4. The molecule has 0 aliphatic rings. The molecule has 142 valence electrons. The van der Waals surface area contributed by atoms with E-state index in [1.807, 2.05) is 41.1 Å². The minimum Gasteiger partial charge on any atom is -0.383 e. The number of carbonyl (C=O) groups is 1. The van der Waals surface area contributed by atoms with Crippen LogP contribution in [0.25, 0.3) is 21.6 Å². The van der Waals surface area contributed by atoms with Gasteiger partial charge in [-0.15, -0.1) is 11.3 Å². The molecule has 0 bridgehead atoms. The Hall–Kier alpha value is -3.26. The van der Waals surface area contributed by atoms with Crippen LogP contribution >= 0.6 is 11.3 Å². The molecule has 1 aromatic carbocycles. The fourth-order valence-corrected chi connectivity index (χ4v) is 3.81. The molecular formula is C20H20N6OS. The normalized spacial score (nSPS) is 11.7. The van der Waals surface area contributed by atoms with Crippen molar-refractivity contribution in [3.8, 4) is 10.6 Å².